The summed E-state index contributed by atoms with van der Waals surface area (Å²) in [4.78, 5) is 15.4. The molecule has 0 saturated heterocycles. The number of hydrogen-bond acceptors (Lipinski definition) is 4. The third-order valence-corrected chi connectivity index (χ3v) is 2.01. The van der Waals surface area contributed by atoms with E-state index < -0.39 is 0 Å². The molecule has 1 amide bonds. The standard InChI is InChI=1S/C10H14ClN3O2/c1-2-16-4-3-13-10(15)7-5-8(11)14-9(12)6-7/h5-6H,2-4H2,1H3,(H2,12,14)(H,13,15). The number of carbonyl (C=O) groups excluding carboxylic acids is 1. The van der Waals surface area contributed by atoms with Crippen LogP contribution >= 0.6 is 11.6 Å². The maximum Gasteiger partial charge on any atom is 0.251 e. The average molecular weight is 244 g/mol. The van der Waals surface area contributed by atoms with Crippen molar-refractivity contribution in [1.82, 2.24) is 10.3 Å². The molecule has 16 heavy (non-hydrogen) atoms. The van der Waals surface area contributed by atoms with Crippen molar-refractivity contribution in [2.45, 2.75) is 6.92 Å². The SMILES string of the molecule is CCOCCNC(=O)c1cc(N)nc(Cl)c1. The Labute approximate surface area is 98.9 Å². The van der Waals surface area contributed by atoms with Gasteiger partial charge in [-0.1, -0.05) is 11.6 Å². The van der Waals surface area contributed by atoms with Gasteiger partial charge in [-0.25, -0.2) is 4.98 Å². The largest absolute Gasteiger partial charge is 0.384 e. The first-order chi connectivity index (χ1) is 7.63. The highest BCUT2D eigenvalue weighted by Crippen LogP contribution is 2.11. The number of ether oxygens (including phenoxy) is 1. The Balaban J connectivity index is 2.52. The molecule has 5 nitrogen and oxygen atoms in total. The van der Waals surface area contributed by atoms with Gasteiger partial charge in [0.05, 0.1) is 6.61 Å². The van der Waals surface area contributed by atoms with Gasteiger partial charge in [0.2, 0.25) is 0 Å². The van der Waals surface area contributed by atoms with Gasteiger partial charge in [-0.3, -0.25) is 4.79 Å². The number of amides is 1. The van der Waals surface area contributed by atoms with Gasteiger partial charge in [-0.2, -0.15) is 0 Å². The van der Waals surface area contributed by atoms with Crippen molar-refractivity contribution < 1.29 is 9.53 Å². The Kier molecular flexibility index (Phi) is 5.01. The van der Waals surface area contributed by atoms with Crippen molar-refractivity contribution in [2.75, 3.05) is 25.5 Å². The molecule has 0 saturated carbocycles. The summed E-state index contributed by atoms with van der Waals surface area (Å²) < 4.78 is 5.09. The molecule has 0 aliphatic rings. The van der Waals surface area contributed by atoms with Gasteiger partial charge >= 0.3 is 0 Å². The number of nitrogen functional groups attached to an aromatic ring is 1. The second kappa shape index (κ2) is 6.30. The topological polar surface area (TPSA) is 77.2 Å². The second-order valence-electron chi connectivity index (χ2n) is 3.06. The summed E-state index contributed by atoms with van der Waals surface area (Å²) in [6, 6.07) is 2.94. The Hall–Kier alpha value is -1.33. The van der Waals surface area contributed by atoms with Crippen molar-refractivity contribution in [3.63, 3.8) is 0 Å². The van der Waals surface area contributed by atoms with Gasteiger partial charge in [0, 0.05) is 18.7 Å². The van der Waals surface area contributed by atoms with E-state index in [-0.39, 0.29) is 16.9 Å². The molecule has 1 rings (SSSR count). The molecular weight excluding hydrogens is 230 g/mol. The van der Waals surface area contributed by atoms with Crippen LogP contribution in [-0.2, 0) is 4.74 Å². The van der Waals surface area contributed by atoms with Gasteiger partial charge in [-0.05, 0) is 19.1 Å². The Morgan fingerprint density at radius 2 is 2.38 bits per heavy atom. The number of aromatic nitrogens is 1. The van der Waals surface area contributed by atoms with Crippen LogP contribution in [0.5, 0.6) is 0 Å². The van der Waals surface area contributed by atoms with Crippen LogP contribution in [0.1, 0.15) is 17.3 Å². The van der Waals surface area contributed by atoms with E-state index in [4.69, 9.17) is 22.1 Å². The van der Waals surface area contributed by atoms with E-state index in [1.54, 1.807) is 0 Å². The van der Waals surface area contributed by atoms with E-state index in [1.807, 2.05) is 6.92 Å². The summed E-state index contributed by atoms with van der Waals surface area (Å²) in [5, 5.41) is 2.89. The molecule has 0 unspecified atom stereocenters. The van der Waals surface area contributed by atoms with Crippen LogP contribution in [0, 0.1) is 0 Å². The third-order valence-electron chi connectivity index (χ3n) is 1.81. The quantitative estimate of drug-likeness (QED) is 0.599. The minimum Gasteiger partial charge on any atom is -0.384 e. The minimum absolute atomic E-state index is 0.204. The Bertz CT molecular complexity index is 351. The first-order valence-corrected chi connectivity index (χ1v) is 5.30. The maximum atomic E-state index is 11.6. The van der Waals surface area contributed by atoms with Crippen LogP contribution < -0.4 is 11.1 Å². The molecule has 3 N–H and O–H groups in total. The van der Waals surface area contributed by atoms with Gasteiger partial charge < -0.3 is 15.8 Å². The number of nitrogens with one attached hydrogen (secondary N) is 1. The first kappa shape index (κ1) is 12.7. The maximum absolute atomic E-state index is 11.6. The van der Waals surface area contributed by atoms with Crippen LogP contribution in [-0.4, -0.2) is 30.6 Å². The van der Waals surface area contributed by atoms with Crippen molar-refractivity contribution in [2.24, 2.45) is 0 Å². The normalized spacial score (nSPS) is 10.1. The molecule has 0 atom stereocenters. The fourth-order valence-corrected chi connectivity index (χ4v) is 1.35. The molecule has 0 aliphatic heterocycles. The zero-order chi connectivity index (χ0) is 12.0. The Morgan fingerprint density at radius 1 is 1.62 bits per heavy atom. The predicted molar refractivity (Wildman–Crippen MR) is 62.5 cm³/mol. The minimum atomic E-state index is -0.240. The monoisotopic (exact) mass is 243 g/mol. The molecule has 1 aromatic rings. The van der Waals surface area contributed by atoms with E-state index >= 15 is 0 Å². The summed E-state index contributed by atoms with van der Waals surface area (Å²) in [6.45, 7) is 3.46. The summed E-state index contributed by atoms with van der Waals surface area (Å²) in [6.07, 6.45) is 0. The van der Waals surface area contributed by atoms with Gasteiger partial charge in [-0.15, -0.1) is 0 Å². The van der Waals surface area contributed by atoms with E-state index in [0.29, 0.717) is 25.3 Å². The summed E-state index contributed by atoms with van der Waals surface area (Å²) in [5.41, 5.74) is 5.87. The van der Waals surface area contributed by atoms with Crippen molar-refractivity contribution in [3.8, 4) is 0 Å². The number of carbonyl (C=O) groups is 1. The lowest BCUT2D eigenvalue weighted by atomic mass is 10.2. The zero-order valence-electron chi connectivity index (χ0n) is 9.00. The van der Waals surface area contributed by atoms with E-state index in [2.05, 4.69) is 10.3 Å². The molecule has 1 heterocycles. The molecule has 88 valence electrons. The van der Waals surface area contributed by atoms with Crippen LogP contribution in [0.2, 0.25) is 5.15 Å². The molecule has 0 radical (unpaired) electrons. The lowest BCUT2D eigenvalue weighted by molar-refractivity contribution is 0.0922. The van der Waals surface area contributed by atoms with Crippen LogP contribution in [0.3, 0.4) is 0 Å². The second-order valence-corrected chi connectivity index (χ2v) is 3.44. The summed E-state index contributed by atoms with van der Waals surface area (Å²) in [7, 11) is 0. The molecule has 0 aromatic carbocycles. The molecule has 0 fully saturated rings. The van der Waals surface area contributed by atoms with Crippen molar-refractivity contribution in [3.05, 3.63) is 22.8 Å². The van der Waals surface area contributed by atoms with Crippen LogP contribution in [0.4, 0.5) is 5.82 Å². The number of nitrogens with two attached hydrogens (primary N) is 1. The van der Waals surface area contributed by atoms with E-state index in [9.17, 15) is 4.79 Å². The fourth-order valence-electron chi connectivity index (χ4n) is 1.13. The highest BCUT2D eigenvalue weighted by atomic mass is 35.5. The summed E-state index contributed by atoms with van der Waals surface area (Å²) in [5.74, 6) is -0.0156. The molecule has 0 aliphatic carbocycles. The van der Waals surface area contributed by atoms with Gasteiger partial charge in [0.15, 0.2) is 0 Å². The smallest absolute Gasteiger partial charge is 0.251 e. The molecular formula is C10H14ClN3O2. The average Bonchev–Trinajstić information content (AvgIpc) is 2.22. The number of pyridine rings is 1. The van der Waals surface area contributed by atoms with Crippen LogP contribution in [0.15, 0.2) is 12.1 Å². The molecule has 6 heteroatoms. The summed E-state index contributed by atoms with van der Waals surface area (Å²) >= 11 is 5.68. The third kappa shape index (κ3) is 4.04. The number of halogens is 1. The number of hydrogen-bond donors (Lipinski definition) is 2. The lowest BCUT2D eigenvalue weighted by Gasteiger charge is -2.06. The van der Waals surface area contributed by atoms with Gasteiger partial charge in [0.1, 0.15) is 11.0 Å². The van der Waals surface area contributed by atoms with E-state index in [0.717, 1.165) is 0 Å². The molecule has 0 spiro atoms. The highest BCUT2D eigenvalue weighted by molar-refractivity contribution is 6.29. The fraction of sp³-hybridized carbons (Fsp3) is 0.400. The van der Waals surface area contributed by atoms with Gasteiger partial charge in [0.25, 0.3) is 5.91 Å². The number of nitrogens with zero attached hydrogens (tertiary/aromatic N) is 1. The number of anilines is 1. The first-order valence-electron chi connectivity index (χ1n) is 4.92. The molecule has 1 aromatic heterocycles. The highest BCUT2D eigenvalue weighted by Gasteiger charge is 2.07. The van der Waals surface area contributed by atoms with Crippen molar-refractivity contribution in [1.29, 1.82) is 0 Å². The Morgan fingerprint density at radius 3 is 3.00 bits per heavy atom. The molecule has 0 bridgehead atoms. The van der Waals surface area contributed by atoms with Crippen molar-refractivity contribution >= 4 is 23.3 Å². The predicted octanol–water partition coefficient (Wildman–Crippen LogP) is 1.08. The number of rotatable bonds is 5. The van der Waals surface area contributed by atoms with E-state index in [1.165, 1.54) is 12.1 Å². The van der Waals surface area contributed by atoms with Crippen LogP contribution in [0.25, 0.3) is 0 Å². The lowest BCUT2D eigenvalue weighted by Crippen LogP contribution is -2.27. The zero-order valence-corrected chi connectivity index (χ0v) is 9.75.